The van der Waals surface area contributed by atoms with Crippen molar-refractivity contribution in [1.82, 2.24) is 0 Å². The molecule has 1 aromatic carbocycles. The zero-order valence-corrected chi connectivity index (χ0v) is 5.26. The van der Waals surface area contributed by atoms with Crippen molar-refractivity contribution in [1.29, 1.82) is 0 Å². The molecule has 1 atom stereocenters. The molecule has 0 saturated heterocycles. The maximum Gasteiger partial charge on any atom is 0.122 e. The van der Waals surface area contributed by atoms with Gasteiger partial charge in [-0.3, -0.25) is 0 Å². The maximum absolute atomic E-state index is 12.4. The van der Waals surface area contributed by atoms with Crippen LogP contribution in [0.2, 0.25) is 0 Å². The van der Waals surface area contributed by atoms with Crippen LogP contribution < -0.4 is 0 Å². The highest BCUT2D eigenvalue weighted by molar-refractivity contribution is 5.15. The SMILES string of the molecule is C[C@@H](F)c1cc[c]cc1. The van der Waals surface area contributed by atoms with Gasteiger partial charge in [-0.2, -0.15) is 0 Å². The molecule has 0 spiro atoms. The minimum Gasteiger partial charge on any atom is -0.243 e. The fourth-order valence-electron chi connectivity index (χ4n) is 0.665. The van der Waals surface area contributed by atoms with Gasteiger partial charge >= 0.3 is 0 Å². The lowest BCUT2D eigenvalue weighted by molar-refractivity contribution is 0.374. The van der Waals surface area contributed by atoms with Crippen molar-refractivity contribution in [2.24, 2.45) is 0 Å². The molecule has 1 heteroatoms. The summed E-state index contributed by atoms with van der Waals surface area (Å²) in [5.74, 6) is 0. The van der Waals surface area contributed by atoms with E-state index in [1.54, 1.807) is 24.3 Å². The second-order valence-electron chi connectivity index (χ2n) is 1.95. The van der Waals surface area contributed by atoms with Crippen molar-refractivity contribution >= 4 is 0 Å². The molecular formula is C8H8F. The Balaban J connectivity index is 2.85. The van der Waals surface area contributed by atoms with Gasteiger partial charge in [-0.25, -0.2) is 4.39 Å². The molecule has 0 aliphatic heterocycles. The zero-order valence-electron chi connectivity index (χ0n) is 5.26. The van der Waals surface area contributed by atoms with Crippen molar-refractivity contribution in [2.75, 3.05) is 0 Å². The van der Waals surface area contributed by atoms with Gasteiger partial charge in [0.1, 0.15) is 6.17 Å². The van der Waals surface area contributed by atoms with Crippen LogP contribution in [0.15, 0.2) is 24.3 Å². The number of benzene rings is 1. The molecule has 0 unspecified atom stereocenters. The summed E-state index contributed by atoms with van der Waals surface area (Å²) in [6, 6.07) is 9.70. The molecule has 47 valence electrons. The molecule has 0 heterocycles. The Hall–Kier alpha value is -0.850. The number of halogens is 1. The summed E-state index contributed by atoms with van der Waals surface area (Å²) in [6.07, 6.45) is -0.861. The average Bonchev–Trinajstić information content (AvgIpc) is 1.90. The molecule has 0 saturated carbocycles. The van der Waals surface area contributed by atoms with Gasteiger partial charge in [0, 0.05) is 0 Å². The van der Waals surface area contributed by atoms with Crippen LogP contribution in [-0.2, 0) is 0 Å². The summed E-state index contributed by atoms with van der Waals surface area (Å²) >= 11 is 0. The first-order chi connectivity index (χ1) is 4.30. The van der Waals surface area contributed by atoms with Crippen molar-refractivity contribution in [3.8, 4) is 0 Å². The van der Waals surface area contributed by atoms with E-state index in [2.05, 4.69) is 6.07 Å². The van der Waals surface area contributed by atoms with Crippen LogP contribution in [0.5, 0.6) is 0 Å². The molecule has 0 fully saturated rings. The van der Waals surface area contributed by atoms with Gasteiger partial charge in [-0.15, -0.1) is 0 Å². The van der Waals surface area contributed by atoms with Gasteiger partial charge in [-0.1, -0.05) is 24.3 Å². The topological polar surface area (TPSA) is 0 Å². The quantitative estimate of drug-likeness (QED) is 0.538. The normalized spacial score (nSPS) is 13.1. The van der Waals surface area contributed by atoms with Crippen molar-refractivity contribution in [3.63, 3.8) is 0 Å². The first-order valence-electron chi connectivity index (χ1n) is 2.91. The van der Waals surface area contributed by atoms with Gasteiger partial charge in [0.25, 0.3) is 0 Å². The van der Waals surface area contributed by atoms with E-state index in [1.165, 1.54) is 6.92 Å². The lowest BCUT2D eigenvalue weighted by Crippen LogP contribution is -1.81. The Morgan fingerprint density at radius 2 is 2.00 bits per heavy atom. The standard InChI is InChI=1S/C8H8F/c1-7(9)8-5-3-2-4-6-8/h3-7H,1H3/t7-/m1/s1. The van der Waals surface area contributed by atoms with Crippen LogP contribution >= 0.6 is 0 Å². The molecule has 0 aliphatic rings. The van der Waals surface area contributed by atoms with Crippen LogP contribution in [0.25, 0.3) is 0 Å². The Morgan fingerprint density at radius 1 is 1.44 bits per heavy atom. The molecule has 0 aromatic heterocycles. The second-order valence-corrected chi connectivity index (χ2v) is 1.95. The maximum atomic E-state index is 12.4. The van der Waals surface area contributed by atoms with Gasteiger partial charge < -0.3 is 0 Å². The molecule has 0 nitrogen and oxygen atoms in total. The minimum atomic E-state index is -0.861. The highest BCUT2D eigenvalue weighted by atomic mass is 19.1. The third-order valence-corrected chi connectivity index (χ3v) is 1.20. The van der Waals surface area contributed by atoms with E-state index >= 15 is 0 Å². The largest absolute Gasteiger partial charge is 0.243 e. The van der Waals surface area contributed by atoms with E-state index in [0.717, 1.165) is 0 Å². The third kappa shape index (κ3) is 1.53. The van der Waals surface area contributed by atoms with Gasteiger partial charge in [0.2, 0.25) is 0 Å². The molecule has 0 amide bonds. The highest BCUT2D eigenvalue weighted by Gasteiger charge is 1.97. The molecule has 0 N–H and O–H groups in total. The summed E-state index contributed by atoms with van der Waals surface area (Å²) in [6.45, 7) is 1.52. The van der Waals surface area contributed by atoms with E-state index in [1.807, 2.05) is 0 Å². The van der Waals surface area contributed by atoms with E-state index in [4.69, 9.17) is 0 Å². The van der Waals surface area contributed by atoms with Crippen molar-refractivity contribution < 1.29 is 4.39 Å². The molecular weight excluding hydrogens is 115 g/mol. The van der Waals surface area contributed by atoms with E-state index in [-0.39, 0.29) is 0 Å². The van der Waals surface area contributed by atoms with E-state index in [9.17, 15) is 4.39 Å². The summed E-state index contributed by atoms with van der Waals surface area (Å²) in [5.41, 5.74) is 0.716. The number of alkyl halides is 1. The smallest absolute Gasteiger partial charge is 0.122 e. The molecule has 1 radical (unpaired) electrons. The minimum absolute atomic E-state index is 0.716. The molecule has 0 bridgehead atoms. The van der Waals surface area contributed by atoms with Crippen LogP contribution in [0.4, 0.5) is 4.39 Å². The van der Waals surface area contributed by atoms with Crippen LogP contribution in [0.3, 0.4) is 0 Å². The fourth-order valence-corrected chi connectivity index (χ4v) is 0.665. The van der Waals surface area contributed by atoms with Crippen molar-refractivity contribution in [3.05, 3.63) is 35.9 Å². The zero-order chi connectivity index (χ0) is 6.69. The van der Waals surface area contributed by atoms with Gasteiger partial charge in [0.05, 0.1) is 0 Å². The number of hydrogen-bond acceptors (Lipinski definition) is 0. The van der Waals surface area contributed by atoms with Gasteiger partial charge in [0.15, 0.2) is 0 Å². The average molecular weight is 123 g/mol. The van der Waals surface area contributed by atoms with E-state index in [0.29, 0.717) is 5.56 Å². The Labute approximate surface area is 54.3 Å². The first kappa shape index (κ1) is 6.27. The highest BCUT2D eigenvalue weighted by Crippen LogP contribution is 2.13. The lowest BCUT2D eigenvalue weighted by Gasteiger charge is -1.97. The monoisotopic (exact) mass is 123 g/mol. The predicted molar refractivity (Wildman–Crippen MR) is 34.8 cm³/mol. The summed E-state index contributed by atoms with van der Waals surface area (Å²) < 4.78 is 12.4. The fraction of sp³-hybridized carbons (Fsp3) is 0.250. The lowest BCUT2D eigenvalue weighted by atomic mass is 10.1. The Morgan fingerprint density at radius 3 is 2.33 bits per heavy atom. The number of rotatable bonds is 1. The second kappa shape index (κ2) is 2.62. The first-order valence-corrected chi connectivity index (χ1v) is 2.91. The summed E-state index contributed by atoms with van der Waals surface area (Å²) in [7, 11) is 0. The summed E-state index contributed by atoms with van der Waals surface area (Å²) in [5, 5.41) is 0. The summed E-state index contributed by atoms with van der Waals surface area (Å²) in [4.78, 5) is 0. The van der Waals surface area contributed by atoms with E-state index < -0.39 is 6.17 Å². The Kier molecular flexibility index (Phi) is 1.83. The third-order valence-electron chi connectivity index (χ3n) is 1.20. The van der Waals surface area contributed by atoms with Crippen LogP contribution in [0.1, 0.15) is 18.7 Å². The molecule has 0 aliphatic carbocycles. The molecule has 9 heavy (non-hydrogen) atoms. The van der Waals surface area contributed by atoms with Gasteiger partial charge in [-0.05, 0) is 18.6 Å². The molecule has 1 rings (SSSR count). The van der Waals surface area contributed by atoms with Crippen molar-refractivity contribution in [2.45, 2.75) is 13.1 Å². The van der Waals surface area contributed by atoms with Crippen LogP contribution in [0, 0.1) is 6.07 Å². The molecule has 1 aromatic rings. The predicted octanol–water partition coefficient (Wildman–Crippen LogP) is 2.52. The Bertz CT molecular complexity index is 167. The number of hydrogen-bond donors (Lipinski definition) is 0. The van der Waals surface area contributed by atoms with Crippen LogP contribution in [-0.4, -0.2) is 0 Å².